The Morgan fingerprint density at radius 3 is 2.43 bits per heavy atom. The predicted molar refractivity (Wildman–Crippen MR) is 115 cm³/mol. The fraction of sp³-hybridized carbons (Fsp3) is 0.350. The minimum atomic E-state index is -3.59. The number of carbonyl (C=O) groups is 2. The topological polar surface area (TPSA) is 117 Å². The molecule has 1 aliphatic rings. The minimum Gasteiger partial charge on any atom is -0.273 e. The van der Waals surface area contributed by atoms with Gasteiger partial charge in [-0.3, -0.25) is 25.4 Å². The monoisotopic (exact) mass is 494 g/mol. The van der Waals surface area contributed by atoms with Crippen molar-refractivity contribution < 1.29 is 18.0 Å². The van der Waals surface area contributed by atoms with Crippen molar-refractivity contribution in [1.82, 2.24) is 20.6 Å². The normalized spacial score (nSPS) is 19.1. The lowest BCUT2D eigenvalue weighted by molar-refractivity contribution is -0.127. The lowest BCUT2D eigenvalue weighted by Gasteiger charge is -2.27. The Morgan fingerprint density at radius 1 is 1.03 bits per heavy atom. The molecule has 2 aromatic rings. The molecule has 160 valence electrons. The number of hydrazine groups is 1. The van der Waals surface area contributed by atoms with Gasteiger partial charge in [0.1, 0.15) is 0 Å². The SMILES string of the molecule is O=C(NNC(=O)C1CCC(CNS(=O)(=O)c2ccccc2Br)CC1)c1cccnc1. The third-order valence-corrected chi connectivity index (χ3v) is 7.56. The number of aromatic nitrogens is 1. The third-order valence-electron chi connectivity index (χ3n) is 5.13. The van der Waals surface area contributed by atoms with Crippen LogP contribution in [-0.2, 0) is 14.8 Å². The molecule has 1 aromatic carbocycles. The average molecular weight is 495 g/mol. The van der Waals surface area contributed by atoms with Crippen LogP contribution in [0.15, 0.2) is 58.2 Å². The smallest absolute Gasteiger partial charge is 0.271 e. The number of halogens is 1. The second-order valence-electron chi connectivity index (χ2n) is 7.19. The molecule has 3 rings (SSSR count). The Bertz CT molecular complexity index is 993. The summed E-state index contributed by atoms with van der Waals surface area (Å²) in [7, 11) is -3.59. The Balaban J connectivity index is 1.43. The molecule has 0 aliphatic heterocycles. The standard InChI is InChI=1S/C20H23BrN4O4S/c21-17-5-1-2-6-18(17)30(28,29)23-12-14-7-9-15(10-8-14)19(26)24-25-20(27)16-4-3-11-22-13-16/h1-6,11,13-15,23H,7-10,12H2,(H,24,26)(H,25,27). The second kappa shape index (κ2) is 10.1. The molecular formula is C20H23BrN4O4S. The molecule has 0 unspecified atom stereocenters. The Labute approximate surface area is 184 Å². The summed E-state index contributed by atoms with van der Waals surface area (Å²) in [4.78, 5) is 28.4. The van der Waals surface area contributed by atoms with Gasteiger partial charge in [0.25, 0.3) is 5.91 Å². The zero-order valence-corrected chi connectivity index (χ0v) is 18.6. The van der Waals surface area contributed by atoms with Gasteiger partial charge in [-0.1, -0.05) is 12.1 Å². The first-order chi connectivity index (χ1) is 14.4. The second-order valence-corrected chi connectivity index (χ2v) is 9.77. The van der Waals surface area contributed by atoms with E-state index >= 15 is 0 Å². The van der Waals surface area contributed by atoms with Crippen LogP contribution in [-0.4, -0.2) is 31.8 Å². The van der Waals surface area contributed by atoms with E-state index in [-0.39, 0.29) is 22.6 Å². The molecule has 3 N–H and O–H groups in total. The molecule has 2 amide bonds. The van der Waals surface area contributed by atoms with E-state index in [0.717, 1.165) is 12.8 Å². The molecule has 0 atom stereocenters. The molecule has 0 bridgehead atoms. The van der Waals surface area contributed by atoms with Crippen molar-refractivity contribution in [2.24, 2.45) is 11.8 Å². The lowest BCUT2D eigenvalue weighted by atomic mass is 9.82. The summed E-state index contributed by atoms with van der Waals surface area (Å²) in [6, 6.07) is 9.92. The van der Waals surface area contributed by atoms with Crippen molar-refractivity contribution >= 4 is 37.8 Å². The fourth-order valence-corrected chi connectivity index (χ4v) is 5.50. The van der Waals surface area contributed by atoms with E-state index < -0.39 is 15.9 Å². The van der Waals surface area contributed by atoms with Crippen LogP contribution in [0.1, 0.15) is 36.0 Å². The van der Waals surface area contributed by atoms with Crippen LogP contribution in [0.5, 0.6) is 0 Å². The first-order valence-electron chi connectivity index (χ1n) is 9.61. The van der Waals surface area contributed by atoms with E-state index in [1.165, 1.54) is 6.20 Å². The summed E-state index contributed by atoms with van der Waals surface area (Å²) in [6.07, 6.45) is 5.71. The molecule has 1 fully saturated rings. The molecule has 1 aliphatic carbocycles. The molecule has 1 saturated carbocycles. The molecule has 0 spiro atoms. The Kier molecular flexibility index (Phi) is 7.57. The molecule has 8 nitrogen and oxygen atoms in total. The third kappa shape index (κ3) is 5.87. The Morgan fingerprint density at radius 2 is 1.77 bits per heavy atom. The first kappa shape index (κ1) is 22.4. The summed E-state index contributed by atoms with van der Waals surface area (Å²) in [5.74, 6) is -0.710. The van der Waals surface area contributed by atoms with Crippen molar-refractivity contribution in [1.29, 1.82) is 0 Å². The number of pyridine rings is 1. The molecule has 0 radical (unpaired) electrons. The van der Waals surface area contributed by atoms with Crippen LogP contribution >= 0.6 is 15.9 Å². The summed E-state index contributed by atoms with van der Waals surface area (Å²) in [5, 5.41) is 0. The zero-order valence-electron chi connectivity index (χ0n) is 16.2. The summed E-state index contributed by atoms with van der Waals surface area (Å²) >= 11 is 3.26. The quantitative estimate of drug-likeness (QED) is 0.532. The van der Waals surface area contributed by atoms with Crippen molar-refractivity contribution in [3.63, 3.8) is 0 Å². The van der Waals surface area contributed by atoms with Gasteiger partial charge in [0.2, 0.25) is 15.9 Å². The van der Waals surface area contributed by atoms with Gasteiger partial charge in [-0.2, -0.15) is 0 Å². The summed E-state index contributed by atoms with van der Waals surface area (Å²) < 4.78 is 28.2. The van der Waals surface area contributed by atoms with Crippen LogP contribution < -0.4 is 15.6 Å². The summed E-state index contributed by atoms with van der Waals surface area (Å²) in [5.41, 5.74) is 5.23. The Hall–Kier alpha value is -2.30. The van der Waals surface area contributed by atoms with Crippen molar-refractivity contribution in [3.8, 4) is 0 Å². The van der Waals surface area contributed by atoms with Gasteiger partial charge >= 0.3 is 0 Å². The average Bonchev–Trinajstić information content (AvgIpc) is 2.77. The van der Waals surface area contributed by atoms with Gasteiger partial charge in [0.05, 0.1) is 10.5 Å². The number of sulfonamides is 1. The van der Waals surface area contributed by atoms with Crippen LogP contribution in [0.2, 0.25) is 0 Å². The van der Waals surface area contributed by atoms with Gasteiger partial charge in [0.15, 0.2) is 0 Å². The van der Waals surface area contributed by atoms with E-state index in [9.17, 15) is 18.0 Å². The number of rotatable bonds is 6. The van der Waals surface area contributed by atoms with E-state index in [2.05, 4.69) is 36.5 Å². The predicted octanol–water partition coefficient (Wildman–Crippen LogP) is 2.39. The van der Waals surface area contributed by atoms with Crippen LogP contribution in [0.3, 0.4) is 0 Å². The minimum absolute atomic E-state index is 0.163. The molecule has 10 heteroatoms. The van der Waals surface area contributed by atoms with Crippen molar-refractivity contribution in [2.75, 3.05) is 6.54 Å². The van der Waals surface area contributed by atoms with Crippen LogP contribution in [0.25, 0.3) is 0 Å². The van der Waals surface area contributed by atoms with Crippen molar-refractivity contribution in [3.05, 3.63) is 58.8 Å². The van der Waals surface area contributed by atoms with Crippen LogP contribution in [0.4, 0.5) is 0 Å². The van der Waals surface area contributed by atoms with E-state index in [0.29, 0.717) is 29.4 Å². The summed E-state index contributed by atoms with van der Waals surface area (Å²) in [6.45, 7) is 0.329. The number of nitrogens with one attached hydrogen (secondary N) is 3. The molecule has 0 saturated heterocycles. The van der Waals surface area contributed by atoms with E-state index in [1.807, 2.05) is 0 Å². The number of hydrogen-bond donors (Lipinski definition) is 3. The number of nitrogens with zero attached hydrogens (tertiary/aromatic N) is 1. The molecular weight excluding hydrogens is 472 g/mol. The largest absolute Gasteiger partial charge is 0.273 e. The van der Waals surface area contributed by atoms with E-state index in [4.69, 9.17) is 0 Å². The molecule has 30 heavy (non-hydrogen) atoms. The number of carbonyl (C=O) groups excluding carboxylic acids is 2. The van der Waals surface area contributed by atoms with Gasteiger partial charge in [-0.15, -0.1) is 0 Å². The van der Waals surface area contributed by atoms with Crippen molar-refractivity contribution in [2.45, 2.75) is 30.6 Å². The highest BCUT2D eigenvalue weighted by atomic mass is 79.9. The van der Waals surface area contributed by atoms with E-state index in [1.54, 1.807) is 42.6 Å². The maximum Gasteiger partial charge on any atom is 0.271 e. The van der Waals surface area contributed by atoms with Gasteiger partial charge in [0, 0.05) is 29.3 Å². The highest BCUT2D eigenvalue weighted by molar-refractivity contribution is 9.10. The number of benzene rings is 1. The highest BCUT2D eigenvalue weighted by Gasteiger charge is 2.28. The van der Waals surface area contributed by atoms with Crippen LogP contribution in [0, 0.1) is 11.8 Å². The first-order valence-corrected chi connectivity index (χ1v) is 11.9. The lowest BCUT2D eigenvalue weighted by Crippen LogP contribution is -2.45. The highest BCUT2D eigenvalue weighted by Crippen LogP contribution is 2.29. The molecule has 1 aromatic heterocycles. The fourth-order valence-electron chi connectivity index (χ4n) is 3.39. The van der Waals surface area contributed by atoms with Gasteiger partial charge < -0.3 is 0 Å². The maximum atomic E-state index is 12.5. The zero-order chi connectivity index (χ0) is 21.6. The maximum absolute atomic E-state index is 12.5. The molecule has 1 heterocycles. The van der Waals surface area contributed by atoms with Gasteiger partial charge in [-0.05, 0) is 71.8 Å². The van der Waals surface area contributed by atoms with Gasteiger partial charge in [-0.25, -0.2) is 13.1 Å². The number of hydrogen-bond acceptors (Lipinski definition) is 5. The number of amides is 2.